The molecule has 3 atom stereocenters. The Morgan fingerprint density at radius 2 is 1.96 bits per heavy atom. The number of amides is 1. The average Bonchev–Trinajstić information content (AvgIpc) is 3.17. The summed E-state index contributed by atoms with van der Waals surface area (Å²) in [6.07, 6.45) is 1.58. The van der Waals surface area contributed by atoms with Gasteiger partial charge in [0.25, 0.3) is 0 Å². The Labute approximate surface area is 151 Å². The molecule has 1 aliphatic rings. The number of nitrogens with one attached hydrogen (secondary N) is 2. The van der Waals surface area contributed by atoms with Crippen LogP contribution in [0.5, 0.6) is 0 Å². The molecule has 0 radical (unpaired) electrons. The van der Waals surface area contributed by atoms with Gasteiger partial charge in [0.1, 0.15) is 5.76 Å². The third-order valence-corrected chi connectivity index (χ3v) is 6.43. The van der Waals surface area contributed by atoms with Crippen molar-refractivity contribution in [2.45, 2.75) is 17.5 Å². The molecule has 1 amide bonds. The van der Waals surface area contributed by atoms with E-state index in [-0.39, 0.29) is 30.0 Å². The van der Waals surface area contributed by atoms with Gasteiger partial charge in [-0.2, -0.15) is 0 Å². The van der Waals surface area contributed by atoms with Crippen LogP contribution >= 0.6 is 11.6 Å². The summed E-state index contributed by atoms with van der Waals surface area (Å²) in [5.74, 6) is 0.164. The molecule has 2 N–H and O–H groups in total. The Morgan fingerprint density at radius 1 is 1.20 bits per heavy atom. The highest BCUT2D eigenvalue weighted by atomic mass is 35.5. The summed E-state index contributed by atoms with van der Waals surface area (Å²) in [6, 6.07) is 12.4. The molecule has 1 aromatic carbocycles. The highest BCUT2D eigenvalue weighted by Crippen LogP contribution is 2.22. The lowest BCUT2D eigenvalue weighted by atomic mass is 10.0. The van der Waals surface area contributed by atoms with E-state index >= 15 is 0 Å². The predicted molar refractivity (Wildman–Crippen MR) is 95.2 cm³/mol. The predicted octanol–water partition coefficient (Wildman–Crippen LogP) is 1.48. The highest BCUT2D eigenvalue weighted by molar-refractivity contribution is 7.91. The third kappa shape index (κ3) is 4.62. The monoisotopic (exact) mass is 382 g/mol. The fourth-order valence-corrected chi connectivity index (χ4v) is 5.42. The Kier molecular flexibility index (Phi) is 5.46. The SMILES string of the molecule is O=C(CN[C@@H](c1ccccc1)c1ccco1)N[C@H]1CS(=O)(=O)C[C@@H]1Cl. The molecule has 0 spiro atoms. The average molecular weight is 383 g/mol. The molecule has 1 aliphatic heterocycles. The van der Waals surface area contributed by atoms with Gasteiger partial charge in [-0.1, -0.05) is 30.3 Å². The van der Waals surface area contributed by atoms with Crippen molar-refractivity contribution < 1.29 is 17.6 Å². The third-order valence-electron chi connectivity index (χ3n) is 4.06. The van der Waals surface area contributed by atoms with E-state index in [1.165, 1.54) is 0 Å². The molecular formula is C17H19ClN2O4S. The normalized spacial score (nSPS) is 23.2. The second-order valence-corrected chi connectivity index (χ2v) is 8.72. The van der Waals surface area contributed by atoms with E-state index in [2.05, 4.69) is 10.6 Å². The molecular weight excluding hydrogens is 364 g/mol. The summed E-state index contributed by atoms with van der Waals surface area (Å²) in [5, 5.41) is 5.25. The molecule has 2 heterocycles. The minimum atomic E-state index is -3.18. The Morgan fingerprint density at radius 3 is 2.56 bits per heavy atom. The lowest BCUT2D eigenvalue weighted by molar-refractivity contribution is -0.120. The van der Waals surface area contributed by atoms with E-state index in [9.17, 15) is 13.2 Å². The summed E-state index contributed by atoms with van der Waals surface area (Å²) < 4.78 is 28.6. The molecule has 1 saturated heterocycles. The maximum Gasteiger partial charge on any atom is 0.234 e. The molecule has 8 heteroatoms. The van der Waals surface area contributed by atoms with Gasteiger partial charge in [0, 0.05) is 0 Å². The number of carbonyl (C=O) groups is 1. The Hall–Kier alpha value is -1.83. The van der Waals surface area contributed by atoms with Crippen LogP contribution in [0.2, 0.25) is 0 Å². The zero-order valence-electron chi connectivity index (χ0n) is 13.4. The van der Waals surface area contributed by atoms with Crippen LogP contribution < -0.4 is 10.6 Å². The van der Waals surface area contributed by atoms with Gasteiger partial charge in [-0.05, 0) is 17.7 Å². The molecule has 0 unspecified atom stereocenters. The highest BCUT2D eigenvalue weighted by Gasteiger charge is 2.37. The molecule has 0 saturated carbocycles. The lowest BCUT2D eigenvalue weighted by Gasteiger charge is -2.19. The summed E-state index contributed by atoms with van der Waals surface area (Å²) >= 11 is 6.02. The second kappa shape index (κ2) is 7.59. The van der Waals surface area contributed by atoms with Gasteiger partial charge in [0.2, 0.25) is 5.91 Å². The van der Waals surface area contributed by atoms with Gasteiger partial charge in [-0.25, -0.2) is 8.42 Å². The van der Waals surface area contributed by atoms with Crippen molar-refractivity contribution in [3.05, 3.63) is 60.1 Å². The summed E-state index contributed by atoms with van der Waals surface area (Å²) in [7, 11) is -3.18. The second-order valence-electron chi connectivity index (χ2n) is 6.01. The van der Waals surface area contributed by atoms with Gasteiger partial charge in [0.15, 0.2) is 9.84 Å². The fourth-order valence-electron chi connectivity index (χ4n) is 2.87. The summed E-state index contributed by atoms with van der Waals surface area (Å²) in [6.45, 7) is 0.0143. The van der Waals surface area contributed by atoms with Crippen molar-refractivity contribution in [3.8, 4) is 0 Å². The van der Waals surface area contributed by atoms with Crippen LogP contribution in [0.3, 0.4) is 0 Å². The fraction of sp³-hybridized carbons (Fsp3) is 0.353. The first kappa shape index (κ1) is 18.0. The first-order chi connectivity index (χ1) is 11.9. The molecule has 1 aromatic heterocycles. The van der Waals surface area contributed by atoms with E-state index in [0.29, 0.717) is 5.76 Å². The van der Waals surface area contributed by atoms with Crippen molar-refractivity contribution in [1.82, 2.24) is 10.6 Å². The maximum absolute atomic E-state index is 12.2. The van der Waals surface area contributed by atoms with Crippen LogP contribution in [0, 0.1) is 0 Å². The van der Waals surface area contributed by atoms with Crippen molar-refractivity contribution in [2.75, 3.05) is 18.1 Å². The van der Waals surface area contributed by atoms with Crippen molar-refractivity contribution >= 4 is 27.3 Å². The molecule has 3 rings (SSSR count). The van der Waals surface area contributed by atoms with E-state index in [1.54, 1.807) is 12.3 Å². The van der Waals surface area contributed by atoms with Gasteiger partial charge in [-0.15, -0.1) is 11.6 Å². The molecule has 2 aromatic rings. The molecule has 0 bridgehead atoms. The van der Waals surface area contributed by atoms with Crippen LogP contribution in [0.25, 0.3) is 0 Å². The number of carbonyl (C=O) groups excluding carboxylic acids is 1. The number of hydrogen-bond donors (Lipinski definition) is 2. The van der Waals surface area contributed by atoms with E-state index in [0.717, 1.165) is 5.56 Å². The lowest BCUT2D eigenvalue weighted by Crippen LogP contribution is -2.45. The summed E-state index contributed by atoms with van der Waals surface area (Å²) in [4.78, 5) is 12.2. The van der Waals surface area contributed by atoms with Gasteiger partial charge in [0.05, 0.1) is 41.8 Å². The van der Waals surface area contributed by atoms with Crippen molar-refractivity contribution in [2.24, 2.45) is 0 Å². The minimum absolute atomic E-state index is 0.0143. The topological polar surface area (TPSA) is 88.4 Å². The van der Waals surface area contributed by atoms with Crippen molar-refractivity contribution in [1.29, 1.82) is 0 Å². The number of rotatable bonds is 6. The smallest absolute Gasteiger partial charge is 0.234 e. The van der Waals surface area contributed by atoms with Gasteiger partial charge >= 0.3 is 0 Å². The molecule has 0 aliphatic carbocycles. The van der Waals surface area contributed by atoms with Crippen LogP contribution in [-0.4, -0.2) is 43.8 Å². The number of furan rings is 1. The van der Waals surface area contributed by atoms with Crippen LogP contribution in [0.15, 0.2) is 53.1 Å². The Balaban J connectivity index is 1.63. The standard InChI is InChI=1S/C17H19ClN2O4S/c18-13-10-25(22,23)11-14(13)20-16(21)9-19-17(15-7-4-8-24-15)12-5-2-1-3-6-12/h1-8,13-14,17,19H,9-11H2,(H,20,21)/t13-,14-,17-/m0/s1. The Bertz CT molecular complexity index is 808. The number of halogens is 1. The first-order valence-electron chi connectivity index (χ1n) is 7.90. The zero-order chi connectivity index (χ0) is 17.9. The molecule has 6 nitrogen and oxygen atoms in total. The zero-order valence-corrected chi connectivity index (χ0v) is 15.0. The number of sulfone groups is 1. The van der Waals surface area contributed by atoms with E-state index < -0.39 is 21.3 Å². The summed E-state index contributed by atoms with van der Waals surface area (Å²) in [5.41, 5.74) is 0.962. The van der Waals surface area contributed by atoms with Gasteiger partial charge < -0.3 is 9.73 Å². The van der Waals surface area contributed by atoms with Crippen molar-refractivity contribution in [3.63, 3.8) is 0 Å². The van der Waals surface area contributed by atoms with Crippen LogP contribution in [0.4, 0.5) is 0 Å². The number of hydrogen-bond acceptors (Lipinski definition) is 5. The first-order valence-corrected chi connectivity index (χ1v) is 10.2. The molecule has 134 valence electrons. The maximum atomic E-state index is 12.2. The van der Waals surface area contributed by atoms with Crippen LogP contribution in [0.1, 0.15) is 17.4 Å². The number of benzene rings is 1. The van der Waals surface area contributed by atoms with Crippen LogP contribution in [-0.2, 0) is 14.6 Å². The number of alkyl halides is 1. The molecule has 25 heavy (non-hydrogen) atoms. The largest absolute Gasteiger partial charge is 0.467 e. The molecule has 1 fully saturated rings. The minimum Gasteiger partial charge on any atom is -0.467 e. The quantitative estimate of drug-likeness (QED) is 0.739. The van der Waals surface area contributed by atoms with E-state index in [1.807, 2.05) is 36.4 Å². The van der Waals surface area contributed by atoms with Gasteiger partial charge in [-0.3, -0.25) is 10.1 Å². The van der Waals surface area contributed by atoms with E-state index in [4.69, 9.17) is 16.0 Å².